The number of aliphatic imine (C=N–C) groups is 1. The number of nitrogens with zero attached hydrogens (tertiary/aromatic N) is 2. The van der Waals surface area contributed by atoms with Crippen molar-refractivity contribution in [3.8, 4) is 0 Å². The summed E-state index contributed by atoms with van der Waals surface area (Å²) >= 11 is 1.84. The number of hydrogen-bond donors (Lipinski definition) is 2. The van der Waals surface area contributed by atoms with Gasteiger partial charge in [-0.15, -0.1) is 24.0 Å². The Labute approximate surface area is 144 Å². The monoisotopic (exact) mass is 416 g/mol. The second kappa shape index (κ2) is 13.0. The first-order valence-electron chi connectivity index (χ1n) is 6.99. The molecule has 7 heteroatoms. The van der Waals surface area contributed by atoms with Crippen LogP contribution in [0.2, 0.25) is 0 Å². The normalized spacial score (nSPS) is 18.2. The Kier molecular flexibility index (Phi) is 13.1. The van der Waals surface area contributed by atoms with Gasteiger partial charge in [0.2, 0.25) is 0 Å². The van der Waals surface area contributed by atoms with Crippen LogP contribution in [-0.4, -0.2) is 75.9 Å². The van der Waals surface area contributed by atoms with Gasteiger partial charge in [0.05, 0.1) is 13.2 Å². The van der Waals surface area contributed by atoms with E-state index in [4.69, 9.17) is 4.74 Å². The van der Waals surface area contributed by atoms with Crippen LogP contribution in [-0.2, 0) is 4.74 Å². The topological polar surface area (TPSA) is 48.9 Å². The van der Waals surface area contributed by atoms with Gasteiger partial charge >= 0.3 is 0 Å². The Morgan fingerprint density at radius 2 is 2.05 bits per heavy atom. The van der Waals surface area contributed by atoms with E-state index in [2.05, 4.69) is 33.7 Å². The fraction of sp³-hybridized carbons (Fsp3) is 0.923. The molecule has 0 aromatic rings. The molecule has 1 heterocycles. The van der Waals surface area contributed by atoms with E-state index in [9.17, 15) is 0 Å². The lowest BCUT2D eigenvalue weighted by Crippen LogP contribution is -2.44. The molecule has 1 aliphatic rings. The molecule has 1 aliphatic heterocycles. The second-order valence-corrected chi connectivity index (χ2v) is 5.88. The maximum atomic E-state index is 5.36. The maximum absolute atomic E-state index is 5.36. The van der Waals surface area contributed by atoms with Crippen molar-refractivity contribution in [2.75, 3.05) is 65.0 Å². The highest BCUT2D eigenvalue weighted by Gasteiger charge is 2.13. The zero-order valence-corrected chi connectivity index (χ0v) is 16.0. The number of ether oxygens (including phenoxy) is 1. The minimum Gasteiger partial charge on any atom is -0.379 e. The molecule has 0 saturated carbocycles. The molecule has 1 rings (SSSR count). The van der Waals surface area contributed by atoms with Gasteiger partial charge in [-0.2, -0.15) is 11.8 Å². The van der Waals surface area contributed by atoms with Crippen LogP contribution in [0, 0.1) is 5.92 Å². The molecule has 5 nitrogen and oxygen atoms in total. The van der Waals surface area contributed by atoms with Gasteiger partial charge < -0.3 is 15.4 Å². The fourth-order valence-electron chi connectivity index (χ4n) is 2.05. The highest BCUT2D eigenvalue weighted by Crippen LogP contribution is 2.02. The number of guanidine groups is 1. The minimum atomic E-state index is 0. The number of thioether (sulfide) groups is 1. The van der Waals surface area contributed by atoms with Gasteiger partial charge in [0, 0.05) is 45.5 Å². The third-order valence-corrected chi connectivity index (χ3v) is 3.73. The smallest absolute Gasteiger partial charge is 0.191 e. The Bertz CT molecular complexity index is 263. The maximum Gasteiger partial charge on any atom is 0.191 e. The number of nitrogens with one attached hydrogen (secondary N) is 2. The number of halogens is 1. The van der Waals surface area contributed by atoms with E-state index in [-0.39, 0.29) is 24.0 Å². The van der Waals surface area contributed by atoms with E-state index < -0.39 is 0 Å². The van der Waals surface area contributed by atoms with Crippen molar-refractivity contribution < 1.29 is 4.74 Å². The van der Waals surface area contributed by atoms with Crippen molar-refractivity contribution >= 4 is 41.7 Å². The lowest BCUT2D eigenvalue weighted by molar-refractivity contribution is 0.0320. The minimum absolute atomic E-state index is 0. The first kappa shape index (κ1) is 20.3. The zero-order chi connectivity index (χ0) is 13.9. The van der Waals surface area contributed by atoms with Gasteiger partial charge in [0.1, 0.15) is 0 Å². The molecule has 0 aromatic carbocycles. The number of morpholine rings is 1. The van der Waals surface area contributed by atoms with Gasteiger partial charge in [0.15, 0.2) is 5.96 Å². The van der Waals surface area contributed by atoms with E-state index in [1.54, 1.807) is 0 Å². The molecule has 1 fully saturated rings. The summed E-state index contributed by atoms with van der Waals surface area (Å²) < 4.78 is 5.36. The predicted octanol–water partition coefficient (Wildman–Crippen LogP) is 1.10. The van der Waals surface area contributed by atoms with Crippen LogP contribution < -0.4 is 10.6 Å². The molecule has 20 heavy (non-hydrogen) atoms. The molecule has 2 N–H and O–H groups in total. The average molecular weight is 416 g/mol. The van der Waals surface area contributed by atoms with Crippen molar-refractivity contribution in [1.82, 2.24) is 15.5 Å². The summed E-state index contributed by atoms with van der Waals surface area (Å²) in [5.74, 6) is 2.62. The largest absolute Gasteiger partial charge is 0.379 e. The lowest BCUT2D eigenvalue weighted by Gasteiger charge is -2.29. The van der Waals surface area contributed by atoms with Crippen molar-refractivity contribution in [3.63, 3.8) is 0 Å². The Balaban J connectivity index is 0.00000361. The van der Waals surface area contributed by atoms with Crippen LogP contribution in [0.4, 0.5) is 0 Å². The summed E-state index contributed by atoms with van der Waals surface area (Å²) in [5.41, 5.74) is 0. The van der Waals surface area contributed by atoms with E-state index in [1.807, 2.05) is 18.8 Å². The van der Waals surface area contributed by atoms with Crippen LogP contribution in [0.3, 0.4) is 0 Å². The average Bonchev–Trinajstić information content (AvgIpc) is 2.44. The van der Waals surface area contributed by atoms with E-state index in [0.717, 1.165) is 57.6 Å². The first-order chi connectivity index (χ1) is 9.26. The third kappa shape index (κ3) is 9.25. The molecule has 0 amide bonds. The van der Waals surface area contributed by atoms with Crippen LogP contribution in [0.15, 0.2) is 4.99 Å². The lowest BCUT2D eigenvalue weighted by atomic mass is 10.1. The van der Waals surface area contributed by atoms with E-state index >= 15 is 0 Å². The fourth-order valence-corrected chi connectivity index (χ4v) is 2.36. The van der Waals surface area contributed by atoms with Crippen molar-refractivity contribution in [2.24, 2.45) is 10.9 Å². The Hall–Kier alpha value is 0.270. The molecular formula is C13H29IN4OS. The van der Waals surface area contributed by atoms with Crippen LogP contribution >= 0.6 is 35.7 Å². The molecule has 120 valence electrons. The molecule has 0 bridgehead atoms. The number of hydrogen-bond acceptors (Lipinski definition) is 4. The quantitative estimate of drug-likeness (QED) is 0.282. The SMILES string of the molecule is CN=C(NCCSC)NCC(C)CN1CCOCC1.I. The molecule has 1 atom stereocenters. The molecular weight excluding hydrogens is 387 g/mol. The third-order valence-electron chi connectivity index (χ3n) is 3.11. The van der Waals surface area contributed by atoms with Gasteiger partial charge in [-0.3, -0.25) is 9.89 Å². The van der Waals surface area contributed by atoms with Gasteiger partial charge in [-0.25, -0.2) is 0 Å². The summed E-state index contributed by atoms with van der Waals surface area (Å²) in [7, 11) is 1.82. The highest BCUT2D eigenvalue weighted by atomic mass is 127. The van der Waals surface area contributed by atoms with Crippen LogP contribution in [0.25, 0.3) is 0 Å². The number of rotatable bonds is 7. The van der Waals surface area contributed by atoms with Crippen LogP contribution in [0.5, 0.6) is 0 Å². The van der Waals surface area contributed by atoms with Gasteiger partial charge in [-0.1, -0.05) is 6.92 Å². The molecule has 1 saturated heterocycles. The molecule has 0 aromatic heterocycles. The Morgan fingerprint density at radius 3 is 2.65 bits per heavy atom. The van der Waals surface area contributed by atoms with Crippen molar-refractivity contribution in [3.05, 3.63) is 0 Å². The molecule has 1 unspecified atom stereocenters. The van der Waals surface area contributed by atoms with Crippen molar-refractivity contribution in [2.45, 2.75) is 6.92 Å². The first-order valence-corrected chi connectivity index (χ1v) is 8.39. The van der Waals surface area contributed by atoms with Gasteiger partial charge in [0.25, 0.3) is 0 Å². The summed E-state index contributed by atoms with van der Waals surface area (Å²) in [4.78, 5) is 6.70. The standard InChI is InChI=1S/C13H28N4OS.HI/c1-12(11-17-5-7-18-8-6-17)10-16-13(14-2)15-4-9-19-3;/h12H,4-11H2,1-3H3,(H2,14,15,16);1H. The second-order valence-electron chi connectivity index (χ2n) is 4.89. The zero-order valence-electron chi connectivity index (χ0n) is 12.9. The predicted molar refractivity (Wildman–Crippen MR) is 99.6 cm³/mol. The van der Waals surface area contributed by atoms with Crippen LogP contribution in [0.1, 0.15) is 6.92 Å². The Morgan fingerprint density at radius 1 is 1.35 bits per heavy atom. The van der Waals surface area contributed by atoms with E-state index in [0.29, 0.717) is 5.92 Å². The summed E-state index contributed by atoms with van der Waals surface area (Å²) in [6, 6.07) is 0. The van der Waals surface area contributed by atoms with E-state index in [1.165, 1.54) is 0 Å². The molecule has 0 aliphatic carbocycles. The van der Waals surface area contributed by atoms with Crippen molar-refractivity contribution in [1.29, 1.82) is 0 Å². The summed E-state index contributed by atoms with van der Waals surface area (Å²) in [6.45, 7) is 9.18. The molecule has 0 radical (unpaired) electrons. The highest BCUT2D eigenvalue weighted by molar-refractivity contribution is 14.0. The summed E-state index contributed by atoms with van der Waals surface area (Å²) in [5, 5.41) is 6.70. The summed E-state index contributed by atoms with van der Waals surface area (Å²) in [6.07, 6.45) is 2.11. The molecule has 0 spiro atoms. The van der Waals surface area contributed by atoms with Gasteiger partial charge in [-0.05, 0) is 12.2 Å².